The molecule has 0 aromatic heterocycles. The third-order valence-corrected chi connectivity index (χ3v) is 3.69. The first kappa shape index (κ1) is 18.6. The van der Waals surface area contributed by atoms with Crippen LogP contribution in [0.5, 0.6) is 0 Å². The van der Waals surface area contributed by atoms with E-state index in [2.05, 4.69) is 19.1 Å². The molecule has 0 spiro atoms. The average Bonchev–Trinajstić information content (AvgIpc) is 2.49. The minimum atomic E-state index is -1.15. The summed E-state index contributed by atoms with van der Waals surface area (Å²) in [5, 5.41) is 28.6. The van der Waals surface area contributed by atoms with Gasteiger partial charge in [0, 0.05) is 6.61 Å². The van der Waals surface area contributed by atoms with Crippen molar-refractivity contribution in [2.24, 2.45) is 0 Å². The zero-order chi connectivity index (χ0) is 15.5. The summed E-state index contributed by atoms with van der Waals surface area (Å²) in [4.78, 5) is 0. The zero-order valence-electron chi connectivity index (χ0n) is 13.0. The molecule has 0 saturated carbocycles. The van der Waals surface area contributed by atoms with Crippen LogP contribution in [-0.2, 0) is 9.47 Å². The molecule has 0 bridgehead atoms. The second-order valence-corrected chi connectivity index (χ2v) is 5.60. The second-order valence-electron chi connectivity index (χ2n) is 5.60. The highest BCUT2D eigenvalue weighted by atomic mass is 16.6. The van der Waals surface area contributed by atoms with Gasteiger partial charge in [-0.1, -0.05) is 31.9 Å². The third-order valence-electron chi connectivity index (χ3n) is 3.69. The molecule has 1 fully saturated rings. The van der Waals surface area contributed by atoms with E-state index in [1.165, 1.54) is 19.3 Å². The predicted octanol–water partition coefficient (Wildman–Crippen LogP) is 1.40. The van der Waals surface area contributed by atoms with Gasteiger partial charge in [0.25, 0.3) is 0 Å². The quantitative estimate of drug-likeness (QED) is 0.420. The maximum absolute atomic E-state index is 9.73. The molecule has 0 unspecified atom stereocenters. The summed E-state index contributed by atoms with van der Waals surface area (Å²) in [7, 11) is 0. The van der Waals surface area contributed by atoms with Gasteiger partial charge in [0.05, 0.1) is 13.2 Å². The molecule has 0 aromatic carbocycles. The Labute approximate surface area is 127 Å². The van der Waals surface area contributed by atoms with Crippen LogP contribution in [0.25, 0.3) is 0 Å². The van der Waals surface area contributed by atoms with Gasteiger partial charge in [0.1, 0.15) is 24.4 Å². The van der Waals surface area contributed by atoms with Gasteiger partial charge in [-0.05, 0) is 25.7 Å². The number of hydrogen-bond acceptors (Lipinski definition) is 5. The third kappa shape index (κ3) is 7.38. The maximum atomic E-state index is 9.73. The summed E-state index contributed by atoms with van der Waals surface area (Å²) in [6.07, 6.45) is 7.45. The van der Waals surface area contributed by atoms with Crippen molar-refractivity contribution >= 4 is 0 Å². The Hall–Kier alpha value is -0.460. The lowest BCUT2D eigenvalue weighted by Crippen LogP contribution is -2.54. The summed E-state index contributed by atoms with van der Waals surface area (Å²) < 4.78 is 10.7. The van der Waals surface area contributed by atoms with Crippen molar-refractivity contribution in [3.8, 4) is 0 Å². The molecular formula is C16H30O5. The summed E-state index contributed by atoms with van der Waals surface area (Å²) in [6, 6.07) is 0. The summed E-state index contributed by atoms with van der Waals surface area (Å²) >= 11 is 0. The smallest absolute Gasteiger partial charge is 0.111 e. The van der Waals surface area contributed by atoms with Crippen LogP contribution in [0.15, 0.2) is 12.2 Å². The monoisotopic (exact) mass is 302 g/mol. The summed E-state index contributed by atoms with van der Waals surface area (Å²) in [6.45, 7) is 3.08. The fourth-order valence-corrected chi connectivity index (χ4v) is 2.26. The van der Waals surface area contributed by atoms with Crippen molar-refractivity contribution in [1.29, 1.82) is 0 Å². The molecule has 1 aliphatic heterocycles. The molecule has 124 valence electrons. The van der Waals surface area contributed by atoms with E-state index in [1.54, 1.807) is 0 Å². The van der Waals surface area contributed by atoms with Gasteiger partial charge in [-0.2, -0.15) is 0 Å². The lowest BCUT2D eigenvalue weighted by Gasteiger charge is -2.35. The molecule has 4 atom stereocenters. The van der Waals surface area contributed by atoms with Crippen LogP contribution >= 0.6 is 0 Å². The first-order chi connectivity index (χ1) is 10.2. The van der Waals surface area contributed by atoms with Crippen molar-refractivity contribution in [1.82, 2.24) is 0 Å². The first-order valence-electron chi connectivity index (χ1n) is 8.05. The Morgan fingerprint density at radius 1 is 1.05 bits per heavy atom. The number of hydrogen-bond donors (Lipinski definition) is 3. The van der Waals surface area contributed by atoms with Gasteiger partial charge in [-0.3, -0.25) is 0 Å². The van der Waals surface area contributed by atoms with Gasteiger partial charge in [-0.25, -0.2) is 0 Å². The van der Waals surface area contributed by atoms with Crippen LogP contribution in [-0.4, -0.2) is 59.6 Å². The highest BCUT2D eigenvalue weighted by Crippen LogP contribution is 2.15. The van der Waals surface area contributed by atoms with Gasteiger partial charge in [0.2, 0.25) is 0 Å². The minimum absolute atomic E-state index is 0.0345. The van der Waals surface area contributed by atoms with Crippen molar-refractivity contribution in [2.45, 2.75) is 69.9 Å². The molecule has 3 N–H and O–H groups in total. The van der Waals surface area contributed by atoms with Crippen LogP contribution in [0.1, 0.15) is 45.4 Å². The molecule has 1 aliphatic rings. The number of rotatable bonds is 10. The minimum Gasteiger partial charge on any atom is -0.388 e. The normalized spacial score (nSPS) is 30.1. The molecule has 1 rings (SSSR count). The Balaban J connectivity index is 1.99. The van der Waals surface area contributed by atoms with E-state index in [-0.39, 0.29) is 13.2 Å². The lowest BCUT2D eigenvalue weighted by molar-refractivity contribution is -0.199. The second kappa shape index (κ2) is 11.2. The van der Waals surface area contributed by atoms with Gasteiger partial charge in [0.15, 0.2) is 0 Å². The van der Waals surface area contributed by atoms with Gasteiger partial charge in [-0.15, -0.1) is 0 Å². The number of allylic oxidation sites excluding steroid dienone is 2. The van der Waals surface area contributed by atoms with Gasteiger partial charge < -0.3 is 24.8 Å². The van der Waals surface area contributed by atoms with Crippen molar-refractivity contribution in [3.63, 3.8) is 0 Å². The predicted molar refractivity (Wildman–Crippen MR) is 81.1 cm³/mol. The van der Waals surface area contributed by atoms with E-state index < -0.39 is 24.4 Å². The summed E-state index contributed by atoms with van der Waals surface area (Å²) in [5.74, 6) is 0. The molecule has 21 heavy (non-hydrogen) atoms. The highest BCUT2D eigenvalue weighted by molar-refractivity contribution is 4.86. The van der Waals surface area contributed by atoms with Crippen LogP contribution in [0.2, 0.25) is 0 Å². The Bertz CT molecular complexity index is 282. The topological polar surface area (TPSA) is 79.2 Å². The van der Waals surface area contributed by atoms with Crippen molar-refractivity contribution in [3.05, 3.63) is 12.2 Å². The standard InChI is InChI=1S/C16H30O5/c1-2-3-4-5-6-7-8-9-10-20-12-14-16(19)15(18)13(17)11-21-14/h6-7,13-19H,2-5,8-12H2,1H3/b7-6+/t13-,14+,15+,16+/m1/s1. The number of ether oxygens (including phenoxy) is 2. The van der Waals surface area contributed by atoms with E-state index in [4.69, 9.17) is 9.47 Å². The molecule has 5 heteroatoms. The van der Waals surface area contributed by atoms with Crippen LogP contribution in [0, 0.1) is 0 Å². The maximum Gasteiger partial charge on any atom is 0.111 e. The van der Waals surface area contributed by atoms with Crippen molar-refractivity contribution in [2.75, 3.05) is 19.8 Å². The number of aliphatic hydroxyl groups excluding tert-OH is 3. The fraction of sp³-hybridized carbons (Fsp3) is 0.875. The van der Waals surface area contributed by atoms with E-state index >= 15 is 0 Å². The first-order valence-corrected chi connectivity index (χ1v) is 8.05. The summed E-state index contributed by atoms with van der Waals surface area (Å²) in [5.41, 5.74) is 0. The van der Waals surface area contributed by atoms with Crippen LogP contribution < -0.4 is 0 Å². The number of aliphatic hydroxyl groups is 3. The fourth-order valence-electron chi connectivity index (χ4n) is 2.26. The molecule has 5 nitrogen and oxygen atoms in total. The molecule has 0 aliphatic carbocycles. The zero-order valence-corrected chi connectivity index (χ0v) is 13.0. The van der Waals surface area contributed by atoms with E-state index in [0.717, 1.165) is 19.3 Å². The number of unbranched alkanes of at least 4 members (excludes halogenated alkanes) is 4. The van der Waals surface area contributed by atoms with Crippen LogP contribution in [0.3, 0.4) is 0 Å². The van der Waals surface area contributed by atoms with Crippen molar-refractivity contribution < 1.29 is 24.8 Å². The highest BCUT2D eigenvalue weighted by Gasteiger charge is 2.37. The Kier molecular flexibility index (Phi) is 9.87. The average molecular weight is 302 g/mol. The Morgan fingerprint density at radius 2 is 1.76 bits per heavy atom. The molecule has 0 amide bonds. The lowest BCUT2D eigenvalue weighted by atomic mass is 10.0. The SMILES string of the molecule is CCCCC/C=C/CCCOC[C@@H]1OC[C@@H](O)[C@H](O)[C@H]1O. The Morgan fingerprint density at radius 3 is 2.48 bits per heavy atom. The van der Waals surface area contributed by atoms with E-state index in [0.29, 0.717) is 6.61 Å². The molecule has 0 radical (unpaired) electrons. The molecule has 1 heterocycles. The van der Waals surface area contributed by atoms with E-state index in [1.807, 2.05) is 0 Å². The largest absolute Gasteiger partial charge is 0.388 e. The molecule has 0 aromatic rings. The van der Waals surface area contributed by atoms with Crippen LogP contribution in [0.4, 0.5) is 0 Å². The van der Waals surface area contributed by atoms with E-state index in [9.17, 15) is 15.3 Å². The molecular weight excluding hydrogens is 272 g/mol. The molecule has 1 saturated heterocycles. The van der Waals surface area contributed by atoms with Gasteiger partial charge >= 0.3 is 0 Å².